The van der Waals surface area contributed by atoms with Crippen LogP contribution in [0.15, 0.2) is 0 Å². The molecule has 2 aromatic rings. The Kier molecular flexibility index (Phi) is 26.6. The second-order valence-electron chi connectivity index (χ2n) is 7.21. The van der Waals surface area contributed by atoms with Crippen molar-refractivity contribution in [3.63, 3.8) is 0 Å². The third-order valence-electron chi connectivity index (χ3n) is 4.89. The van der Waals surface area contributed by atoms with Crippen molar-refractivity contribution in [1.82, 2.24) is 50.5 Å². The van der Waals surface area contributed by atoms with Crippen LogP contribution >= 0.6 is 19.8 Å². The number of hydrogen-bond acceptors (Lipinski definition) is 9. The molecular weight excluding hydrogens is 468 g/mol. The van der Waals surface area contributed by atoms with Gasteiger partial charge in [-0.3, -0.25) is 0 Å². The Hall–Kier alpha value is -0.990. The Bertz CT molecular complexity index is 684. The zero-order valence-electron chi connectivity index (χ0n) is 19.4. The fourth-order valence-electron chi connectivity index (χ4n) is 3.29. The summed E-state index contributed by atoms with van der Waals surface area (Å²) in [6, 6.07) is 0.390. The van der Waals surface area contributed by atoms with Crippen LogP contribution in [-0.4, -0.2) is 103 Å². The van der Waals surface area contributed by atoms with E-state index < -0.39 is 0 Å². The van der Waals surface area contributed by atoms with Crippen molar-refractivity contribution in [1.29, 1.82) is 0 Å². The van der Waals surface area contributed by atoms with Crippen LogP contribution in [0.5, 0.6) is 0 Å². The first-order valence-electron chi connectivity index (χ1n) is 10.2. The number of aryl methyl sites for hydroxylation is 2. The van der Waals surface area contributed by atoms with E-state index in [1.165, 1.54) is 6.42 Å². The van der Waals surface area contributed by atoms with Crippen molar-refractivity contribution in [3.05, 3.63) is 11.6 Å². The number of hydrogen-bond donors (Lipinski definition) is 2. The number of piperidine rings is 2. The summed E-state index contributed by atoms with van der Waals surface area (Å²) in [6.07, 6.45) is 4.38. The average Bonchev–Trinajstić information content (AvgIpc) is 3.40. The first-order chi connectivity index (χ1) is 14.0. The Morgan fingerprint density at radius 1 is 0.882 bits per heavy atom. The van der Waals surface area contributed by atoms with Gasteiger partial charge in [-0.1, -0.05) is 41.1 Å². The smallest absolute Gasteiger partial charge is 0.205 e. The molecule has 2 fully saturated rings. The molecule has 2 N–H and O–H groups in total. The van der Waals surface area contributed by atoms with Crippen LogP contribution in [0.3, 0.4) is 0 Å². The number of rotatable bonds is 3. The van der Waals surface area contributed by atoms with Gasteiger partial charge in [0.2, 0.25) is 14.8 Å². The third kappa shape index (κ3) is 15.1. The van der Waals surface area contributed by atoms with Gasteiger partial charge in [0.25, 0.3) is 0 Å². The first kappa shape index (κ1) is 40.2. The predicted molar refractivity (Wildman–Crippen MR) is 154 cm³/mol. The van der Waals surface area contributed by atoms with Gasteiger partial charge in [0.05, 0.1) is 12.1 Å². The molecule has 0 aromatic carbocycles. The van der Waals surface area contributed by atoms with E-state index in [9.17, 15) is 0 Å². The van der Waals surface area contributed by atoms with Crippen LogP contribution in [0.2, 0.25) is 13.6 Å². The van der Waals surface area contributed by atoms with Gasteiger partial charge in [-0.05, 0) is 57.8 Å². The summed E-state index contributed by atoms with van der Waals surface area (Å²) in [5, 5.41) is 34.1. The molecule has 0 amide bonds. The molecule has 0 spiro atoms. The quantitative estimate of drug-likeness (QED) is 0.463. The molecule has 0 saturated carbocycles. The maximum atomic E-state index is 9.15. The SMILES string of the molecule is C.C.C.C[B]N1CCCC(O)C1.C[B]N1CCCC(n2nnc(C)n2)C1.Cc1nn[nH]n1.P.P. The lowest BCUT2D eigenvalue weighted by Crippen LogP contribution is -2.39. The summed E-state index contributed by atoms with van der Waals surface area (Å²) in [6.45, 7) is 11.8. The van der Waals surface area contributed by atoms with Crippen molar-refractivity contribution in [2.45, 2.75) is 87.6 Å². The number of aliphatic hydroxyl groups is 1. The van der Waals surface area contributed by atoms with E-state index in [4.69, 9.17) is 5.11 Å². The van der Waals surface area contributed by atoms with Crippen molar-refractivity contribution >= 4 is 34.6 Å². The number of aliphatic hydroxyl groups excluding tert-OH is 1. The number of β-amino-alcohol motifs (C(OH)–C–C–N with tert-alkyl or cyclic N) is 1. The lowest BCUT2D eigenvalue weighted by atomic mass is 9.91. The highest BCUT2D eigenvalue weighted by Crippen LogP contribution is 2.18. The average molecular weight is 518 g/mol. The van der Waals surface area contributed by atoms with Gasteiger partial charge in [-0.25, -0.2) is 0 Å². The minimum atomic E-state index is -0.0880. The standard InChI is InChI=1S/C8H15BN5.C6H13BNO.C2H4N4.3CH4.2H3P/c1-7-10-12-14(11-7)8-4-3-5-13(6-8)9-2;1-7-8-4-2-3-6(9)5-8;1-2-3-5-6-4-2;;;;;/h8H,3-6H2,1-2H3;6,9H,2-5H2,1H3;1H3,(H,3,4,5,6);3*1H4;2*1H3. The van der Waals surface area contributed by atoms with Crippen LogP contribution in [-0.2, 0) is 0 Å². The third-order valence-corrected chi connectivity index (χ3v) is 4.89. The van der Waals surface area contributed by atoms with Crippen LogP contribution < -0.4 is 0 Å². The van der Waals surface area contributed by atoms with Gasteiger partial charge >= 0.3 is 0 Å². The lowest BCUT2D eigenvalue weighted by molar-refractivity contribution is 0.108. The Balaban J connectivity index is -0.000000199. The second kappa shape index (κ2) is 22.5. The topological polar surface area (TPSA) is 125 Å². The van der Waals surface area contributed by atoms with Gasteiger partial charge in [-0.15, -0.1) is 20.4 Å². The summed E-state index contributed by atoms with van der Waals surface area (Å²) in [7, 11) is 4.18. The number of aromatic nitrogens is 8. The minimum absolute atomic E-state index is 0. The van der Waals surface area contributed by atoms with Crippen molar-refractivity contribution in [2.75, 3.05) is 26.2 Å². The van der Waals surface area contributed by atoms with Crippen LogP contribution in [0, 0.1) is 13.8 Å². The van der Waals surface area contributed by atoms with Crippen LogP contribution in [0.1, 0.15) is 65.7 Å². The van der Waals surface area contributed by atoms with E-state index in [2.05, 4.69) is 59.9 Å². The molecule has 4 unspecified atom stereocenters. The van der Waals surface area contributed by atoms with E-state index in [1.54, 1.807) is 11.7 Å². The summed E-state index contributed by atoms with van der Waals surface area (Å²) < 4.78 is 0. The molecule has 2 aromatic heterocycles. The second-order valence-corrected chi connectivity index (χ2v) is 7.21. The van der Waals surface area contributed by atoms with E-state index in [-0.39, 0.29) is 48.2 Å². The van der Waals surface area contributed by atoms with Crippen molar-refractivity contribution in [2.24, 2.45) is 0 Å². The maximum absolute atomic E-state index is 9.15. The Morgan fingerprint density at radius 2 is 1.47 bits per heavy atom. The van der Waals surface area contributed by atoms with Gasteiger partial charge < -0.3 is 14.7 Å². The van der Waals surface area contributed by atoms with Crippen LogP contribution in [0.25, 0.3) is 0 Å². The maximum Gasteiger partial charge on any atom is 0.205 e. The minimum Gasteiger partial charge on any atom is -0.392 e. The normalized spacial score (nSPS) is 19.3. The summed E-state index contributed by atoms with van der Waals surface area (Å²) in [5.74, 6) is 1.43. The molecule has 0 bridgehead atoms. The van der Waals surface area contributed by atoms with Crippen molar-refractivity contribution in [3.8, 4) is 0 Å². The summed E-state index contributed by atoms with van der Waals surface area (Å²) >= 11 is 0. The number of tetrazole rings is 2. The molecule has 4 atom stereocenters. The zero-order valence-corrected chi connectivity index (χ0v) is 22.2. The highest BCUT2D eigenvalue weighted by molar-refractivity contribution is 6.92. The molecule has 2 saturated heterocycles. The highest BCUT2D eigenvalue weighted by atomic mass is 31.0. The van der Waals surface area contributed by atoms with E-state index in [1.807, 2.05) is 21.2 Å². The molecule has 34 heavy (non-hydrogen) atoms. The molecule has 2 radical (unpaired) electrons. The molecule has 198 valence electrons. The largest absolute Gasteiger partial charge is 0.392 e. The molecule has 4 heterocycles. The predicted octanol–water partition coefficient (Wildman–Crippen LogP) is 1.93. The number of aromatic amines is 1. The lowest BCUT2D eigenvalue weighted by Gasteiger charge is -2.30. The summed E-state index contributed by atoms with van der Waals surface area (Å²) in [5.41, 5.74) is 0. The molecule has 0 aliphatic carbocycles. The van der Waals surface area contributed by atoms with Gasteiger partial charge in [0.1, 0.15) is 0 Å². The van der Waals surface area contributed by atoms with Gasteiger partial charge in [0, 0.05) is 13.1 Å². The zero-order chi connectivity index (χ0) is 21.1. The molecule has 15 heteroatoms. The van der Waals surface area contributed by atoms with Crippen molar-refractivity contribution < 1.29 is 5.11 Å². The van der Waals surface area contributed by atoms with Crippen LogP contribution in [0.4, 0.5) is 0 Å². The molecule has 2 aliphatic rings. The Morgan fingerprint density at radius 3 is 1.85 bits per heavy atom. The van der Waals surface area contributed by atoms with E-state index >= 15 is 0 Å². The number of nitrogens with one attached hydrogen (secondary N) is 1. The highest BCUT2D eigenvalue weighted by Gasteiger charge is 2.21. The van der Waals surface area contributed by atoms with E-state index in [0.717, 1.165) is 51.3 Å². The number of H-pyrrole nitrogens is 1. The molecule has 2 aliphatic heterocycles. The monoisotopic (exact) mass is 518 g/mol. The molecule has 11 nitrogen and oxygen atoms in total. The Labute approximate surface area is 215 Å². The van der Waals surface area contributed by atoms with Gasteiger partial charge in [-0.2, -0.15) is 29.8 Å². The fraction of sp³-hybridized carbons (Fsp3) is 0.895. The fourth-order valence-corrected chi connectivity index (χ4v) is 3.29. The molecule has 4 rings (SSSR count). The van der Waals surface area contributed by atoms with Gasteiger partial charge in [0.15, 0.2) is 11.6 Å². The summed E-state index contributed by atoms with van der Waals surface area (Å²) in [4.78, 5) is 6.23. The number of nitrogens with zero attached hydrogens (tertiary/aromatic N) is 9. The molecular formula is C19H50B2N10OP2. The van der Waals surface area contributed by atoms with E-state index in [0.29, 0.717) is 11.9 Å². The first-order valence-corrected chi connectivity index (χ1v) is 10.2.